The molecule has 3 nitrogen and oxygen atoms in total. The van der Waals surface area contributed by atoms with Gasteiger partial charge in [-0.15, -0.1) is 0 Å². The monoisotopic (exact) mass is 514 g/mol. The summed E-state index contributed by atoms with van der Waals surface area (Å²) in [5, 5.41) is 22.1. The third-order valence-corrected chi connectivity index (χ3v) is 11.6. The molecule has 0 spiro atoms. The van der Waals surface area contributed by atoms with E-state index in [2.05, 4.69) is 37.4 Å². The van der Waals surface area contributed by atoms with Crippen molar-refractivity contribution < 1.29 is 15.0 Å². The SMILES string of the molecule is CC(C)(CO)CCCCC1CCCC(CCCC2CCCC(CCCCC(C)(C)C(=O)O)S2)S1. The molecule has 5 heteroatoms. The first-order chi connectivity index (χ1) is 16.1. The van der Waals surface area contributed by atoms with Gasteiger partial charge in [0.1, 0.15) is 0 Å². The second kappa shape index (κ2) is 15.4. The van der Waals surface area contributed by atoms with Gasteiger partial charge in [-0.3, -0.25) is 4.79 Å². The van der Waals surface area contributed by atoms with Gasteiger partial charge in [-0.25, -0.2) is 0 Å². The van der Waals surface area contributed by atoms with Gasteiger partial charge >= 0.3 is 5.97 Å². The van der Waals surface area contributed by atoms with Gasteiger partial charge in [0.05, 0.1) is 5.41 Å². The number of aliphatic hydroxyl groups is 1. The molecule has 2 N–H and O–H groups in total. The van der Waals surface area contributed by atoms with Crippen molar-refractivity contribution in [3.8, 4) is 0 Å². The summed E-state index contributed by atoms with van der Waals surface area (Å²) in [5.41, 5.74) is -0.481. The molecule has 0 amide bonds. The summed E-state index contributed by atoms with van der Waals surface area (Å²) in [4.78, 5) is 11.3. The largest absolute Gasteiger partial charge is 0.481 e. The Labute approximate surface area is 219 Å². The molecule has 0 aromatic rings. The van der Waals surface area contributed by atoms with Crippen molar-refractivity contribution in [1.82, 2.24) is 0 Å². The van der Waals surface area contributed by atoms with Crippen LogP contribution in [-0.4, -0.2) is 43.8 Å². The summed E-state index contributed by atoms with van der Waals surface area (Å²) in [6.45, 7) is 8.36. The lowest BCUT2D eigenvalue weighted by atomic mass is 9.87. The van der Waals surface area contributed by atoms with Crippen LogP contribution in [0.2, 0.25) is 0 Å². The molecule has 2 saturated heterocycles. The molecule has 0 saturated carbocycles. The first-order valence-electron chi connectivity index (χ1n) is 14.3. The van der Waals surface area contributed by atoms with Crippen LogP contribution in [0.15, 0.2) is 0 Å². The standard InChI is InChI=1S/C29H54O3S2/c1-28(2,22-30)20-7-5-12-23-14-9-16-25(33-23)18-11-19-26-17-10-15-24(34-26)13-6-8-21-29(3,4)27(31)32/h23-26,30H,5-22H2,1-4H3,(H,31,32). The zero-order valence-corrected chi connectivity index (χ0v) is 24.3. The lowest BCUT2D eigenvalue weighted by molar-refractivity contribution is -0.147. The number of hydrogen-bond donors (Lipinski definition) is 2. The Bertz CT molecular complexity index is 578. The van der Waals surface area contributed by atoms with E-state index in [1.807, 2.05) is 13.8 Å². The quantitative estimate of drug-likeness (QED) is 0.202. The normalized spacial score (nSPS) is 26.5. The molecule has 0 aliphatic carbocycles. The van der Waals surface area contributed by atoms with Gasteiger partial charge in [0.15, 0.2) is 0 Å². The zero-order chi connectivity index (χ0) is 25.0. The fourth-order valence-corrected chi connectivity index (χ4v) is 9.00. The van der Waals surface area contributed by atoms with Gasteiger partial charge in [-0.2, -0.15) is 23.5 Å². The molecule has 0 radical (unpaired) electrons. The highest BCUT2D eigenvalue weighted by Crippen LogP contribution is 2.40. The maximum atomic E-state index is 11.3. The highest BCUT2D eigenvalue weighted by molar-refractivity contribution is 8.00. The molecule has 2 rings (SSSR count). The maximum Gasteiger partial charge on any atom is 0.309 e. The van der Waals surface area contributed by atoms with Gasteiger partial charge in [-0.05, 0) is 83.5 Å². The number of carbonyl (C=O) groups is 1. The van der Waals surface area contributed by atoms with E-state index in [1.165, 1.54) is 89.9 Å². The molecular weight excluding hydrogens is 460 g/mol. The number of rotatable bonds is 16. The Balaban J connectivity index is 1.56. The minimum atomic E-state index is -0.663. The van der Waals surface area contributed by atoms with E-state index in [0.717, 1.165) is 40.3 Å². The van der Waals surface area contributed by atoms with Crippen LogP contribution in [-0.2, 0) is 4.79 Å². The molecule has 4 unspecified atom stereocenters. The number of hydrogen-bond acceptors (Lipinski definition) is 4. The van der Waals surface area contributed by atoms with Crippen molar-refractivity contribution in [2.45, 2.75) is 158 Å². The third-order valence-electron chi connectivity index (χ3n) is 8.14. The van der Waals surface area contributed by atoms with Crippen molar-refractivity contribution in [3.05, 3.63) is 0 Å². The van der Waals surface area contributed by atoms with Crippen LogP contribution in [0.1, 0.15) is 137 Å². The van der Waals surface area contributed by atoms with Crippen LogP contribution in [0.4, 0.5) is 0 Å². The lowest BCUT2D eigenvalue weighted by Crippen LogP contribution is -2.23. The Kier molecular flexibility index (Phi) is 13.7. The molecule has 0 aromatic carbocycles. The molecule has 2 aliphatic rings. The summed E-state index contributed by atoms with van der Waals surface area (Å²) < 4.78 is 0. The summed E-state index contributed by atoms with van der Waals surface area (Å²) in [6.07, 6.45) is 22.0. The summed E-state index contributed by atoms with van der Waals surface area (Å²) in [7, 11) is 0. The Morgan fingerprint density at radius 2 is 1.12 bits per heavy atom. The highest BCUT2D eigenvalue weighted by Gasteiger charge is 2.28. The predicted octanol–water partition coefficient (Wildman–Crippen LogP) is 8.72. The van der Waals surface area contributed by atoms with Crippen LogP contribution in [0.25, 0.3) is 0 Å². The van der Waals surface area contributed by atoms with Gasteiger partial charge in [0.25, 0.3) is 0 Å². The van der Waals surface area contributed by atoms with Crippen molar-refractivity contribution in [2.24, 2.45) is 10.8 Å². The van der Waals surface area contributed by atoms with E-state index in [4.69, 9.17) is 0 Å². The minimum absolute atomic E-state index is 0.0929. The molecular formula is C29H54O3S2. The van der Waals surface area contributed by atoms with Crippen molar-refractivity contribution >= 4 is 29.5 Å². The van der Waals surface area contributed by atoms with Crippen molar-refractivity contribution in [1.29, 1.82) is 0 Å². The smallest absolute Gasteiger partial charge is 0.309 e. The maximum absolute atomic E-state index is 11.3. The number of aliphatic carboxylic acids is 1. The Morgan fingerprint density at radius 1 is 0.706 bits per heavy atom. The van der Waals surface area contributed by atoms with Crippen LogP contribution < -0.4 is 0 Å². The van der Waals surface area contributed by atoms with Crippen LogP contribution in [0.3, 0.4) is 0 Å². The number of carboxylic acids is 1. The fourth-order valence-electron chi connectivity index (χ4n) is 5.49. The van der Waals surface area contributed by atoms with Crippen LogP contribution in [0, 0.1) is 10.8 Å². The summed E-state index contributed by atoms with van der Waals surface area (Å²) >= 11 is 4.56. The average Bonchev–Trinajstić information content (AvgIpc) is 2.80. The zero-order valence-electron chi connectivity index (χ0n) is 22.7. The van der Waals surface area contributed by atoms with Gasteiger partial charge in [0, 0.05) is 27.6 Å². The average molecular weight is 515 g/mol. The molecule has 2 aliphatic heterocycles. The number of aliphatic hydroxyl groups excluding tert-OH is 1. The van der Waals surface area contributed by atoms with Gasteiger partial charge in [-0.1, -0.05) is 58.8 Å². The van der Waals surface area contributed by atoms with E-state index in [0.29, 0.717) is 6.61 Å². The Hall–Kier alpha value is 0.130. The van der Waals surface area contributed by atoms with Crippen molar-refractivity contribution in [2.75, 3.05) is 6.61 Å². The summed E-state index contributed by atoms with van der Waals surface area (Å²) in [6, 6.07) is 0. The second-order valence-electron chi connectivity index (χ2n) is 12.6. The molecule has 34 heavy (non-hydrogen) atoms. The first kappa shape index (κ1) is 30.4. The van der Waals surface area contributed by atoms with E-state index >= 15 is 0 Å². The first-order valence-corrected chi connectivity index (χ1v) is 16.1. The minimum Gasteiger partial charge on any atom is -0.481 e. The predicted molar refractivity (Wildman–Crippen MR) is 151 cm³/mol. The number of carboxylic acid groups (broad SMARTS) is 1. The lowest BCUT2D eigenvalue weighted by Gasteiger charge is -2.31. The van der Waals surface area contributed by atoms with Gasteiger partial charge in [0.2, 0.25) is 0 Å². The number of thioether (sulfide) groups is 2. The molecule has 2 heterocycles. The van der Waals surface area contributed by atoms with E-state index in [9.17, 15) is 15.0 Å². The summed E-state index contributed by atoms with van der Waals surface area (Å²) in [5.74, 6) is -0.663. The Morgan fingerprint density at radius 3 is 1.53 bits per heavy atom. The molecule has 4 atom stereocenters. The van der Waals surface area contributed by atoms with E-state index in [-0.39, 0.29) is 5.41 Å². The topological polar surface area (TPSA) is 57.5 Å². The highest BCUT2D eigenvalue weighted by atomic mass is 32.2. The van der Waals surface area contributed by atoms with E-state index in [1.54, 1.807) is 0 Å². The fraction of sp³-hybridized carbons (Fsp3) is 0.966. The molecule has 0 bridgehead atoms. The van der Waals surface area contributed by atoms with E-state index < -0.39 is 11.4 Å². The molecule has 2 fully saturated rings. The molecule has 0 aromatic heterocycles. The number of unbranched alkanes of at least 4 members (excludes halogenated alkanes) is 2. The van der Waals surface area contributed by atoms with Crippen molar-refractivity contribution in [3.63, 3.8) is 0 Å². The van der Waals surface area contributed by atoms with Crippen LogP contribution >= 0.6 is 23.5 Å². The third kappa shape index (κ3) is 11.9. The van der Waals surface area contributed by atoms with Gasteiger partial charge < -0.3 is 10.2 Å². The molecule has 200 valence electrons. The second-order valence-corrected chi connectivity index (χ2v) is 15.8. The van der Waals surface area contributed by atoms with Crippen LogP contribution in [0.5, 0.6) is 0 Å².